The molecule has 198 valence electrons. The highest BCUT2D eigenvalue weighted by Gasteiger charge is 2.24. The van der Waals surface area contributed by atoms with Crippen molar-refractivity contribution in [1.82, 2.24) is 5.32 Å². The minimum absolute atomic E-state index is 0.0130. The van der Waals surface area contributed by atoms with Gasteiger partial charge < -0.3 is 28.8 Å². The number of unbranched alkanes of at least 4 members (excludes halogenated alkanes) is 9. The molecule has 0 aliphatic rings. The Morgan fingerprint density at radius 3 is 2.06 bits per heavy atom. The van der Waals surface area contributed by atoms with E-state index in [2.05, 4.69) is 19.2 Å². The first kappa shape index (κ1) is 32.5. The summed E-state index contributed by atoms with van der Waals surface area (Å²) in [5.41, 5.74) is 0. The maximum Gasteiger partial charge on any atom is 0.268 e. The number of carbonyl (C=O) groups is 1. The van der Waals surface area contributed by atoms with E-state index in [-0.39, 0.29) is 19.1 Å². The number of aliphatic hydroxyl groups is 1. The van der Waals surface area contributed by atoms with E-state index in [4.69, 9.17) is 9.05 Å². The lowest BCUT2D eigenvalue weighted by Gasteiger charge is -2.30. The Morgan fingerprint density at radius 1 is 0.939 bits per heavy atom. The van der Waals surface area contributed by atoms with Crippen LogP contribution in [-0.2, 0) is 18.4 Å². The summed E-state index contributed by atoms with van der Waals surface area (Å²) >= 11 is 0. The molecule has 8 nitrogen and oxygen atoms in total. The van der Waals surface area contributed by atoms with Crippen LogP contribution in [0.3, 0.4) is 0 Å². The summed E-state index contributed by atoms with van der Waals surface area (Å²) in [7, 11) is 1.29. The number of hydrogen-bond acceptors (Lipinski definition) is 6. The summed E-state index contributed by atoms with van der Waals surface area (Å²) in [6.07, 6.45) is 11.7. The van der Waals surface area contributed by atoms with Gasteiger partial charge in [-0.3, -0.25) is 9.36 Å². The second kappa shape index (κ2) is 18.8. The molecule has 0 aromatic carbocycles. The van der Waals surface area contributed by atoms with Gasteiger partial charge in [0.05, 0.1) is 39.9 Å². The van der Waals surface area contributed by atoms with E-state index in [9.17, 15) is 19.4 Å². The number of nitrogens with one attached hydrogen (secondary N) is 1. The van der Waals surface area contributed by atoms with Crippen molar-refractivity contribution < 1.29 is 32.9 Å². The highest BCUT2D eigenvalue weighted by atomic mass is 31.2. The normalized spacial score (nSPS) is 15.7. The van der Waals surface area contributed by atoms with Gasteiger partial charge in [0, 0.05) is 6.42 Å². The number of phosphoric acid groups is 1. The van der Waals surface area contributed by atoms with Gasteiger partial charge in [-0.2, -0.15) is 0 Å². The lowest BCUT2D eigenvalue weighted by Crippen LogP contribution is -2.46. The second-order valence-corrected chi connectivity index (χ2v) is 11.5. The van der Waals surface area contributed by atoms with Crippen LogP contribution in [0.2, 0.25) is 0 Å². The number of carbonyl (C=O) groups excluding carboxylic acids is 1. The third-order valence-corrected chi connectivity index (χ3v) is 6.56. The number of hydrogen-bond donors (Lipinski definition) is 2. The monoisotopic (exact) mass is 494 g/mol. The number of quaternary nitrogens is 1. The average molecular weight is 495 g/mol. The Hall–Kier alpha value is -0.500. The van der Waals surface area contributed by atoms with E-state index in [1.165, 1.54) is 25.7 Å². The van der Waals surface area contributed by atoms with Gasteiger partial charge in [0.1, 0.15) is 13.2 Å². The molecule has 0 heterocycles. The van der Waals surface area contributed by atoms with Crippen molar-refractivity contribution in [3.8, 4) is 0 Å². The maximum atomic E-state index is 12.4. The van der Waals surface area contributed by atoms with E-state index in [0.29, 0.717) is 23.9 Å². The third-order valence-electron chi connectivity index (χ3n) is 5.60. The van der Waals surface area contributed by atoms with Gasteiger partial charge in [-0.1, -0.05) is 78.1 Å². The molecule has 0 aromatic rings. The van der Waals surface area contributed by atoms with Crippen molar-refractivity contribution in [1.29, 1.82) is 0 Å². The van der Waals surface area contributed by atoms with Gasteiger partial charge in [-0.15, -0.1) is 0 Å². The first-order chi connectivity index (χ1) is 15.5. The molecule has 0 aliphatic heterocycles. The minimum Gasteiger partial charge on any atom is -0.756 e. The van der Waals surface area contributed by atoms with E-state index in [1.807, 2.05) is 21.1 Å². The fourth-order valence-corrected chi connectivity index (χ4v) is 4.11. The molecular formula is C24H51N2O6P. The van der Waals surface area contributed by atoms with E-state index in [0.717, 1.165) is 44.9 Å². The van der Waals surface area contributed by atoms with Gasteiger partial charge >= 0.3 is 0 Å². The lowest BCUT2D eigenvalue weighted by atomic mass is 10.0. The SMILES string of the molecule is CCCCCCCCCC(=O)NC(COP(=O)([O-])OCC[N+](C)(C)C)C(O)CCCCCC. The number of aliphatic hydroxyl groups excluding tert-OH is 1. The predicted molar refractivity (Wildman–Crippen MR) is 132 cm³/mol. The zero-order chi connectivity index (χ0) is 25.2. The molecular weight excluding hydrogens is 443 g/mol. The molecule has 1 amide bonds. The van der Waals surface area contributed by atoms with Crippen LogP contribution in [0.15, 0.2) is 0 Å². The van der Waals surface area contributed by atoms with Gasteiger partial charge in [0.25, 0.3) is 7.82 Å². The number of rotatable bonds is 22. The van der Waals surface area contributed by atoms with Crippen LogP contribution in [0.1, 0.15) is 97.3 Å². The Kier molecular flexibility index (Phi) is 18.5. The van der Waals surface area contributed by atoms with Gasteiger partial charge in [0.2, 0.25) is 5.91 Å². The van der Waals surface area contributed by atoms with Crippen LogP contribution in [-0.4, -0.2) is 68.5 Å². The maximum absolute atomic E-state index is 12.4. The average Bonchev–Trinajstić information content (AvgIpc) is 2.72. The summed E-state index contributed by atoms with van der Waals surface area (Å²) in [5.74, 6) is -0.184. The molecule has 9 heteroatoms. The van der Waals surface area contributed by atoms with Crippen molar-refractivity contribution in [2.45, 2.75) is 109 Å². The minimum atomic E-state index is -4.51. The molecule has 33 heavy (non-hydrogen) atoms. The Morgan fingerprint density at radius 2 is 1.48 bits per heavy atom. The number of phosphoric ester groups is 1. The molecule has 3 unspecified atom stereocenters. The van der Waals surface area contributed by atoms with Crippen molar-refractivity contribution in [3.63, 3.8) is 0 Å². The van der Waals surface area contributed by atoms with Crippen LogP contribution in [0.4, 0.5) is 0 Å². The molecule has 0 bridgehead atoms. The highest BCUT2D eigenvalue weighted by Crippen LogP contribution is 2.38. The first-order valence-corrected chi connectivity index (χ1v) is 14.3. The molecule has 0 radical (unpaired) electrons. The quantitative estimate of drug-likeness (QED) is 0.133. The lowest BCUT2D eigenvalue weighted by molar-refractivity contribution is -0.870. The Bertz CT molecular complexity index is 542. The molecule has 0 spiro atoms. The zero-order valence-electron chi connectivity index (χ0n) is 21.9. The second-order valence-electron chi connectivity index (χ2n) is 10.1. The van der Waals surface area contributed by atoms with Crippen LogP contribution < -0.4 is 10.2 Å². The van der Waals surface area contributed by atoms with E-state index in [1.54, 1.807) is 0 Å². The van der Waals surface area contributed by atoms with Gasteiger partial charge in [-0.25, -0.2) is 0 Å². The van der Waals surface area contributed by atoms with Crippen LogP contribution in [0, 0.1) is 0 Å². The van der Waals surface area contributed by atoms with E-state index < -0.39 is 20.0 Å². The standard InChI is InChI=1S/C24H51N2O6P/c1-6-8-10-12-13-14-16-18-24(28)25-22(23(27)17-15-11-9-7-2)21-32-33(29,30)31-20-19-26(3,4)5/h22-23,27H,6-21H2,1-5H3,(H-,25,28,29,30). The summed E-state index contributed by atoms with van der Waals surface area (Å²) in [5, 5.41) is 13.4. The third kappa shape index (κ3) is 20.6. The van der Waals surface area contributed by atoms with Crippen molar-refractivity contribution in [2.75, 3.05) is 40.9 Å². The molecule has 0 saturated heterocycles. The molecule has 0 aliphatic carbocycles. The summed E-state index contributed by atoms with van der Waals surface area (Å²) in [6, 6.07) is -0.784. The van der Waals surface area contributed by atoms with Crippen molar-refractivity contribution in [3.05, 3.63) is 0 Å². The largest absolute Gasteiger partial charge is 0.756 e. The predicted octanol–water partition coefficient (Wildman–Crippen LogP) is 4.15. The van der Waals surface area contributed by atoms with Gasteiger partial charge in [-0.05, 0) is 12.8 Å². The number of likely N-dealkylation sites (N-methyl/N-ethyl adjacent to an activating group) is 1. The van der Waals surface area contributed by atoms with Crippen LogP contribution in [0.25, 0.3) is 0 Å². The first-order valence-electron chi connectivity index (χ1n) is 12.9. The number of amides is 1. The zero-order valence-corrected chi connectivity index (χ0v) is 22.7. The molecule has 0 rings (SSSR count). The fourth-order valence-electron chi connectivity index (χ4n) is 3.39. The highest BCUT2D eigenvalue weighted by molar-refractivity contribution is 7.45. The topological polar surface area (TPSA) is 108 Å². The Labute approximate surface area is 202 Å². The van der Waals surface area contributed by atoms with Crippen LogP contribution >= 0.6 is 7.82 Å². The fraction of sp³-hybridized carbons (Fsp3) is 0.958. The van der Waals surface area contributed by atoms with Gasteiger partial charge in [0.15, 0.2) is 0 Å². The molecule has 3 atom stereocenters. The van der Waals surface area contributed by atoms with Crippen molar-refractivity contribution in [2.24, 2.45) is 0 Å². The molecule has 2 N–H and O–H groups in total. The molecule has 0 aromatic heterocycles. The molecule has 0 saturated carbocycles. The smallest absolute Gasteiger partial charge is 0.268 e. The van der Waals surface area contributed by atoms with Crippen LogP contribution in [0.5, 0.6) is 0 Å². The van der Waals surface area contributed by atoms with E-state index >= 15 is 0 Å². The number of nitrogens with zero attached hydrogens (tertiary/aromatic N) is 1. The summed E-state index contributed by atoms with van der Waals surface area (Å²) in [6.45, 7) is 4.49. The summed E-state index contributed by atoms with van der Waals surface area (Å²) < 4.78 is 22.7. The molecule has 0 fully saturated rings. The summed E-state index contributed by atoms with van der Waals surface area (Å²) in [4.78, 5) is 24.5. The van der Waals surface area contributed by atoms with Crippen molar-refractivity contribution >= 4 is 13.7 Å². The Balaban J connectivity index is 4.61.